The molecular formula is C19H16N2O4. The van der Waals surface area contributed by atoms with Crippen LogP contribution in [0.25, 0.3) is 11.6 Å². The van der Waals surface area contributed by atoms with Crippen molar-refractivity contribution in [1.29, 1.82) is 5.26 Å². The van der Waals surface area contributed by atoms with Gasteiger partial charge in [0.15, 0.2) is 0 Å². The quantitative estimate of drug-likeness (QED) is 0.268. The number of esters is 1. The van der Waals surface area contributed by atoms with Crippen molar-refractivity contribution in [3.05, 3.63) is 75.3 Å². The Morgan fingerprint density at radius 2 is 1.68 bits per heavy atom. The number of allylic oxidation sites excluding steroid dienone is 1. The smallest absolute Gasteiger partial charge is 0.338 e. The first-order chi connectivity index (χ1) is 11.9. The molecule has 0 aliphatic carbocycles. The average molecular weight is 336 g/mol. The molecule has 2 aromatic carbocycles. The number of carbonyl (C=O) groups excluding carboxylic acids is 1. The third kappa shape index (κ3) is 4.75. The van der Waals surface area contributed by atoms with Crippen molar-refractivity contribution < 1.29 is 14.5 Å². The van der Waals surface area contributed by atoms with Gasteiger partial charge in [-0.15, -0.1) is 0 Å². The fourth-order valence-electron chi connectivity index (χ4n) is 2.11. The molecule has 0 spiro atoms. The van der Waals surface area contributed by atoms with Crippen molar-refractivity contribution >= 4 is 23.3 Å². The molecule has 2 rings (SSSR count). The molecule has 126 valence electrons. The molecule has 0 saturated carbocycles. The predicted octanol–water partition coefficient (Wildman–Crippen LogP) is 4.22. The van der Waals surface area contributed by atoms with E-state index in [-0.39, 0.29) is 11.8 Å². The summed E-state index contributed by atoms with van der Waals surface area (Å²) in [6.07, 6.45) is 1.46. The number of carbonyl (C=O) groups is 1. The third-order valence-corrected chi connectivity index (χ3v) is 3.31. The summed E-state index contributed by atoms with van der Waals surface area (Å²) in [5.41, 5.74) is 2.08. The van der Waals surface area contributed by atoms with Gasteiger partial charge in [-0.2, -0.15) is 5.26 Å². The molecular weight excluding hydrogens is 320 g/mol. The van der Waals surface area contributed by atoms with Crippen LogP contribution in [-0.4, -0.2) is 17.0 Å². The Kier molecular flexibility index (Phi) is 5.64. The van der Waals surface area contributed by atoms with Gasteiger partial charge < -0.3 is 4.74 Å². The largest absolute Gasteiger partial charge is 0.459 e. The first kappa shape index (κ1) is 17.9. The predicted molar refractivity (Wildman–Crippen MR) is 93.6 cm³/mol. The Bertz CT molecular complexity index is 844. The van der Waals surface area contributed by atoms with Gasteiger partial charge in [-0.1, -0.05) is 12.1 Å². The van der Waals surface area contributed by atoms with Gasteiger partial charge in [0.25, 0.3) is 5.69 Å². The lowest BCUT2D eigenvalue weighted by Gasteiger charge is -2.07. The highest BCUT2D eigenvalue weighted by Gasteiger charge is 2.09. The summed E-state index contributed by atoms with van der Waals surface area (Å²) in [5, 5.41) is 20.0. The molecule has 0 radical (unpaired) electrons. The van der Waals surface area contributed by atoms with Crippen molar-refractivity contribution in [2.24, 2.45) is 0 Å². The van der Waals surface area contributed by atoms with Gasteiger partial charge >= 0.3 is 5.97 Å². The molecule has 25 heavy (non-hydrogen) atoms. The summed E-state index contributed by atoms with van der Waals surface area (Å²) < 4.78 is 5.12. The number of nitro groups is 1. The Labute approximate surface area is 145 Å². The van der Waals surface area contributed by atoms with Crippen LogP contribution in [-0.2, 0) is 4.74 Å². The number of nitrogens with zero attached hydrogens (tertiary/aromatic N) is 2. The average Bonchev–Trinajstić information content (AvgIpc) is 2.59. The zero-order chi connectivity index (χ0) is 18.4. The lowest BCUT2D eigenvalue weighted by atomic mass is 10.0. The Morgan fingerprint density at radius 3 is 2.16 bits per heavy atom. The van der Waals surface area contributed by atoms with E-state index in [4.69, 9.17) is 4.74 Å². The van der Waals surface area contributed by atoms with E-state index in [1.165, 1.54) is 24.3 Å². The number of nitriles is 1. The third-order valence-electron chi connectivity index (χ3n) is 3.31. The van der Waals surface area contributed by atoms with Crippen LogP contribution in [0.1, 0.15) is 35.3 Å². The van der Waals surface area contributed by atoms with Crippen LogP contribution in [0.3, 0.4) is 0 Å². The van der Waals surface area contributed by atoms with Crippen molar-refractivity contribution in [1.82, 2.24) is 0 Å². The van der Waals surface area contributed by atoms with Crippen LogP contribution in [0.2, 0.25) is 0 Å². The second-order valence-electron chi connectivity index (χ2n) is 5.55. The first-order valence-electron chi connectivity index (χ1n) is 7.58. The number of non-ortho nitro benzene ring substituents is 1. The molecule has 2 aromatic rings. The highest BCUT2D eigenvalue weighted by atomic mass is 16.6. The highest BCUT2D eigenvalue weighted by Crippen LogP contribution is 2.21. The molecule has 0 amide bonds. The zero-order valence-corrected chi connectivity index (χ0v) is 13.8. The van der Waals surface area contributed by atoms with E-state index < -0.39 is 10.9 Å². The second kappa shape index (κ2) is 7.88. The number of hydrogen-bond donors (Lipinski definition) is 0. The van der Waals surface area contributed by atoms with E-state index in [0.29, 0.717) is 16.7 Å². The molecule has 0 unspecified atom stereocenters. The Hall–Kier alpha value is -3.46. The normalized spacial score (nSPS) is 11.0. The van der Waals surface area contributed by atoms with Gasteiger partial charge in [0.05, 0.1) is 28.2 Å². The monoisotopic (exact) mass is 336 g/mol. The fraction of sp³-hybridized carbons (Fsp3) is 0.158. The molecule has 0 atom stereocenters. The van der Waals surface area contributed by atoms with E-state index in [9.17, 15) is 20.2 Å². The van der Waals surface area contributed by atoms with Gasteiger partial charge in [0, 0.05) is 12.1 Å². The van der Waals surface area contributed by atoms with Crippen LogP contribution in [0.5, 0.6) is 0 Å². The Morgan fingerprint density at radius 1 is 1.12 bits per heavy atom. The number of rotatable bonds is 5. The van der Waals surface area contributed by atoms with E-state index in [2.05, 4.69) is 6.07 Å². The van der Waals surface area contributed by atoms with Crippen LogP contribution < -0.4 is 0 Å². The fourth-order valence-corrected chi connectivity index (χ4v) is 2.11. The van der Waals surface area contributed by atoms with Crippen molar-refractivity contribution in [3.63, 3.8) is 0 Å². The highest BCUT2D eigenvalue weighted by molar-refractivity contribution is 5.92. The summed E-state index contributed by atoms with van der Waals surface area (Å²) in [6, 6.07) is 14.5. The summed E-state index contributed by atoms with van der Waals surface area (Å²) >= 11 is 0. The van der Waals surface area contributed by atoms with Crippen molar-refractivity contribution in [2.45, 2.75) is 20.0 Å². The topological polar surface area (TPSA) is 93.2 Å². The maximum absolute atomic E-state index is 11.8. The zero-order valence-electron chi connectivity index (χ0n) is 13.8. The number of benzene rings is 2. The van der Waals surface area contributed by atoms with E-state index in [1.54, 1.807) is 44.2 Å². The molecule has 0 heterocycles. The molecule has 0 N–H and O–H groups in total. The van der Waals surface area contributed by atoms with Crippen LogP contribution >= 0.6 is 0 Å². The number of ether oxygens (including phenoxy) is 1. The van der Waals surface area contributed by atoms with Gasteiger partial charge in [0.2, 0.25) is 0 Å². The number of hydrogen-bond acceptors (Lipinski definition) is 5. The maximum Gasteiger partial charge on any atom is 0.338 e. The van der Waals surface area contributed by atoms with Crippen molar-refractivity contribution in [2.75, 3.05) is 0 Å². The molecule has 0 aliphatic rings. The second-order valence-corrected chi connectivity index (χ2v) is 5.55. The lowest BCUT2D eigenvalue weighted by Crippen LogP contribution is -2.11. The lowest BCUT2D eigenvalue weighted by molar-refractivity contribution is -0.384. The van der Waals surface area contributed by atoms with E-state index in [1.807, 2.05) is 0 Å². The molecule has 0 bridgehead atoms. The van der Waals surface area contributed by atoms with Gasteiger partial charge in [-0.3, -0.25) is 10.1 Å². The summed E-state index contributed by atoms with van der Waals surface area (Å²) in [6.45, 7) is 3.55. The van der Waals surface area contributed by atoms with Gasteiger partial charge in [0.1, 0.15) is 0 Å². The maximum atomic E-state index is 11.8. The van der Waals surface area contributed by atoms with Crippen LogP contribution in [0.4, 0.5) is 5.69 Å². The van der Waals surface area contributed by atoms with Crippen molar-refractivity contribution in [3.8, 4) is 6.07 Å². The molecule has 6 heteroatoms. The summed E-state index contributed by atoms with van der Waals surface area (Å²) in [5.74, 6) is -0.401. The van der Waals surface area contributed by atoms with Gasteiger partial charge in [-0.05, 0) is 55.3 Å². The Balaban J connectivity index is 2.23. The van der Waals surface area contributed by atoms with Crippen LogP contribution in [0, 0.1) is 21.4 Å². The molecule has 0 aliphatic heterocycles. The summed E-state index contributed by atoms with van der Waals surface area (Å²) in [7, 11) is 0. The number of nitro benzene ring substituents is 1. The van der Waals surface area contributed by atoms with E-state index >= 15 is 0 Å². The SMILES string of the molecule is CC(C)OC(=O)c1ccc(/C=C(\C#N)c2ccc([N+](=O)[O-])cc2)cc1. The van der Waals surface area contributed by atoms with Crippen LogP contribution in [0.15, 0.2) is 48.5 Å². The standard InChI is InChI=1S/C19H16N2O4/c1-13(2)25-19(22)16-5-3-14(4-6-16)11-17(12-20)15-7-9-18(10-8-15)21(23)24/h3-11,13H,1-2H3/b17-11+. The van der Waals surface area contributed by atoms with Gasteiger partial charge in [-0.25, -0.2) is 4.79 Å². The molecule has 6 nitrogen and oxygen atoms in total. The molecule has 0 saturated heterocycles. The molecule has 0 aromatic heterocycles. The molecule has 0 fully saturated rings. The minimum absolute atomic E-state index is 0.0333. The van der Waals surface area contributed by atoms with E-state index in [0.717, 1.165) is 5.56 Å². The minimum Gasteiger partial charge on any atom is -0.459 e. The minimum atomic E-state index is -0.492. The summed E-state index contributed by atoms with van der Waals surface area (Å²) in [4.78, 5) is 22.0. The first-order valence-corrected chi connectivity index (χ1v) is 7.58.